The largest absolute Gasteiger partial charge is 0.383 e. The van der Waals surface area contributed by atoms with Crippen LogP contribution in [0, 0.1) is 24.0 Å². The maximum Gasteiger partial charge on any atom is 0.269 e. The third-order valence-electron chi connectivity index (χ3n) is 4.94. The average molecular weight is 457 g/mol. The summed E-state index contributed by atoms with van der Waals surface area (Å²) in [5.74, 6) is -0.471. The maximum atomic E-state index is 13.0. The van der Waals surface area contributed by atoms with E-state index in [4.69, 9.17) is 4.74 Å². The lowest BCUT2D eigenvalue weighted by Gasteiger charge is -2.16. The van der Waals surface area contributed by atoms with E-state index < -0.39 is 10.2 Å². The summed E-state index contributed by atoms with van der Waals surface area (Å²) >= 11 is 1.21. The molecule has 1 aliphatic heterocycles. The normalized spacial score (nSPS) is 17.1. The summed E-state index contributed by atoms with van der Waals surface area (Å²) < 4.78 is 5.10. The zero-order valence-electron chi connectivity index (χ0n) is 18.0. The molecule has 32 heavy (non-hydrogen) atoms. The zero-order valence-corrected chi connectivity index (χ0v) is 18.8. The molecule has 0 saturated carbocycles. The summed E-state index contributed by atoms with van der Waals surface area (Å²) in [4.78, 5) is 42.0. The van der Waals surface area contributed by atoms with E-state index in [0.717, 1.165) is 16.8 Å². The van der Waals surface area contributed by atoms with E-state index in [-0.39, 0.29) is 23.9 Å². The first-order valence-electron chi connectivity index (χ1n) is 9.96. The number of non-ortho nitro benzene ring substituents is 1. The quantitative estimate of drug-likeness (QED) is 0.477. The molecule has 9 nitrogen and oxygen atoms in total. The van der Waals surface area contributed by atoms with Crippen LogP contribution in [0.5, 0.6) is 0 Å². The van der Waals surface area contributed by atoms with Crippen LogP contribution in [0.2, 0.25) is 0 Å². The van der Waals surface area contributed by atoms with Crippen molar-refractivity contribution in [1.82, 2.24) is 4.90 Å². The second-order valence-corrected chi connectivity index (χ2v) is 8.45. The van der Waals surface area contributed by atoms with Gasteiger partial charge in [0.1, 0.15) is 5.25 Å². The minimum atomic E-state index is -0.618. The van der Waals surface area contributed by atoms with Gasteiger partial charge in [0, 0.05) is 31.4 Å². The highest BCUT2D eigenvalue weighted by atomic mass is 32.2. The van der Waals surface area contributed by atoms with Crippen LogP contribution >= 0.6 is 11.8 Å². The van der Waals surface area contributed by atoms with Gasteiger partial charge >= 0.3 is 0 Å². The van der Waals surface area contributed by atoms with Gasteiger partial charge < -0.3 is 10.1 Å². The number of nitrogens with zero attached hydrogens (tertiary/aromatic N) is 3. The van der Waals surface area contributed by atoms with Gasteiger partial charge in [0.2, 0.25) is 11.8 Å². The highest BCUT2D eigenvalue weighted by Gasteiger charge is 2.39. The van der Waals surface area contributed by atoms with Gasteiger partial charge in [-0.3, -0.25) is 24.6 Å². The fraction of sp³-hybridized carbons (Fsp3) is 0.318. The van der Waals surface area contributed by atoms with Crippen LogP contribution in [0.3, 0.4) is 0 Å². The Bertz CT molecular complexity index is 1030. The van der Waals surface area contributed by atoms with E-state index >= 15 is 0 Å². The monoisotopic (exact) mass is 456 g/mol. The molecule has 1 saturated heterocycles. The number of rotatable bonds is 8. The second-order valence-electron chi connectivity index (χ2n) is 7.28. The fourth-order valence-corrected chi connectivity index (χ4v) is 4.43. The van der Waals surface area contributed by atoms with Crippen LogP contribution in [0.4, 0.5) is 17.1 Å². The lowest BCUT2D eigenvalue weighted by molar-refractivity contribution is -0.384. The number of hydrogen-bond donors (Lipinski definition) is 1. The van der Waals surface area contributed by atoms with Crippen LogP contribution in [0.1, 0.15) is 17.5 Å². The Kier molecular flexibility index (Phi) is 7.60. The number of hydrogen-bond acceptors (Lipinski definition) is 7. The number of aryl methyl sites for hydroxylation is 2. The number of nitrogens with one attached hydrogen (secondary N) is 1. The number of benzene rings is 2. The number of nitro benzene ring substituents is 1. The van der Waals surface area contributed by atoms with Crippen molar-refractivity contribution in [2.45, 2.75) is 25.5 Å². The van der Waals surface area contributed by atoms with Crippen molar-refractivity contribution in [1.29, 1.82) is 0 Å². The molecule has 0 bridgehead atoms. The number of amides is 2. The molecule has 2 aromatic rings. The number of carbonyl (C=O) groups excluding carboxylic acids is 2. The van der Waals surface area contributed by atoms with E-state index in [2.05, 4.69) is 10.3 Å². The van der Waals surface area contributed by atoms with Crippen LogP contribution in [-0.4, -0.2) is 52.3 Å². The first-order valence-corrected chi connectivity index (χ1v) is 10.8. The third-order valence-corrected chi connectivity index (χ3v) is 6.12. The number of methoxy groups -OCH3 is 1. The van der Waals surface area contributed by atoms with Crippen molar-refractivity contribution in [3.8, 4) is 0 Å². The van der Waals surface area contributed by atoms with Crippen molar-refractivity contribution >= 4 is 45.8 Å². The Morgan fingerprint density at radius 1 is 1.22 bits per heavy atom. The number of para-hydroxylation sites is 1. The van der Waals surface area contributed by atoms with Crippen molar-refractivity contribution in [3.05, 3.63) is 63.7 Å². The number of thioether (sulfide) groups is 1. The van der Waals surface area contributed by atoms with E-state index in [1.165, 1.54) is 48.0 Å². The Balaban J connectivity index is 1.77. The molecular formula is C22H24N4O5S. The number of amidine groups is 1. The highest BCUT2D eigenvalue weighted by Crippen LogP contribution is 2.32. The van der Waals surface area contributed by atoms with E-state index in [0.29, 0.717) is 24.0 Å². The first kappa shape index (κ1) is 23.4. The Hall–Kier alpha value is -3.24. The number of aliphatic imine (C=N–C) groups is 1. The molecule has 1 fully saturated rings. The van der Waals surface area contributed by atoms with Gasteiger partial charge in [-0.2, -0.15) is 0 Å². The van der Waals surface area contributed by atoms with Crippen molar-refractivity contribution in [2.75, 3.05) is 25.6 Å². The van der Waals surface area contributed by atoms with E-state index in [9.17, 15) is 19.7 Å². The molecule has 1 heterocycles. The summed E-state index contributed by atoms with van der Waals surface area (Å²) in [5.41, 5.74) is 3.09. The Morgan fingerprint density at radius 2 is 1.88 bits per heavy atom. The van der Waals surface area contributed by atoms with Gasteiger partial charge in [0.25, 0.3) is 5.69 Å². The van der Waals surface area contributed by atoms with Gasteiger partial charge in [-0.25, -0.2) is 4.99 Å². The average Bonchev–Trinajstić information content (AvgIpc) is 3.03. The van der Waals surface area contributed by atoms with Crippen molar-refractivity contribution in [3.63, 3.8) is 0 Å². The van der Waals surface area contributed by atoms with E-state index in [1.807, 2.05) is 32.0 Å². The zero-order chi connectivity index (χ0) is 23.3. The molecule has 2 amide bonds. The molecule has 168 valence electrons. The summed E-state index contributed by atoms with van der Waals surface area (Å²) in [6, 6.07) is 11.5. The summed E-state index contributed by atoms with van der Waals surface area (Å²) in [6.45, 7) is 4.44. The number of ether oxygens (including phenoxy) is 1. The minimum absolute atomic E-state index is 0.0000376. The molecule has 1 atom stereocenters. The molecule has 0 spiro atoms. The molecule has 3 rings (SSSR count). The second kappa shape index (κ2) is 10.4. The molecular weight excluding hydrogens is 432 g/mol. The number of carbonyl (C=O) groups is 2. The maximum absolute atomic E-state index is 13.0. The lowest BCUT2D eigenvalue weighted by atomic mass is 10.1. The highest BCUT2D eigenvalue weighted by molar-refractivity contribution is 8.15. The van der Waals surface area contributed by atoms with Gasteiger partial charge in [-0.1, -0.05) is 30.0 Å². The molecule has 0 aliphatic carbocycles. The van der Waals surface area contributed by atoms with Gasteiger partial charge in [-0.15, -0.1) is 0 Å². The Labute approximate surface area is 190 Å². The smallest absolute Gasteiger partial charge is 0.269 e. The predicted molar refractivity (Wildman–Crippen MR) is 124 cm³/mol. The molecule has 10 heteroatoms. The summed E-state index contributed by atoms with van der Waals surface area (Å²) in [7, 11) is 1.54. The standard InChI is InChI=1S/C22H24N4O5S/c1-14-5-4-6-15(2)20(14)24-19(27)13-18-21(28)25(11-12-31-3)22(32-18)23-16-7-9-17(10-8-16)26(29)30/h4-10,18H,11-13H2,1-3H3,(H,24,27). The van der Waals surface area contributed by atoms with Crippen LogP contribution in [0.25, 0.3) is 0 Å². The predicted octanol–water partition coefficient (Wildman–Crippen LogP) is 3.82. The summed E-state index contributed by atoms with van der Waals surface area (Å²) in [5, 5.41) is 13.6. The molecule has 1 unspecified atom stereocenters. The number of nitro groups is 1. The van der Waals surface area contributed by atoms with E-state index in [1.54, 1.807) is 0 Å². The molecule has 0 aromatic heterocycles. The SMILES string of the molecule is COCCN1C(=O)C(CC(=O)Nc2c(C)cccc2C)SC1=Nc1ccc([N+](=O)[O-])cc1. The van der Waals surface area contributed by atoms with Gasteiger partial charge in [0.15, 0.2) is 5.17 Å². The van der Waals surface area contributed by atoms with Crippen LogP contribution < -0.4 is 5.32 Å². The van der Waals surface area contributed by atoms with Crippen LogP contribution in [0.15, 0.2) is 47.5 Å². The fourth-order valence-electron chi connectivity index (χ4n) is 3.24. The topological polar surface area (TPSA) is 114 Å². The van der Waals surface area contributed by atoms with Crippen molar-refractivity contribution in [2.24, 2.45) is 4.99 Å². The lowest BCUT2D eigenvalue weighted by Crippen LogP contribution is -2.35. The first-order chi connectivity index (χ1) is 15.3. The van der Waals surface area contributed by atoms with Gasteiger partial charge in [-0.05, 0) is 37.1 Å². The molecule has 1 N–H and O–H groups in total. The minimum Gasteiger partial charge on any atom is -0.383 e. The third kappa shape index (κ3) is 5.51. The van der Waals surface area contributed by atoms with Gasteiger partial charge in [0.05, 0.1) is 23.8 Å². The molecule has 2 aromatic carbocycles. The molecule has 1 aliphatic rings. The number of anilines is 1. The Morgan fingerprint density at radius 3 is 2.47 bits per heavy atom. The van der Waals surface area contributed by atoms with Crippen LogP contribution in [-0.2, 0) is 14.3 Å². The summed E-state index contributed by atoms with van der Waals surface area (Å²) in [6.07, 6.45) is 0.0000376. The van der Waals surface area contributed by atoms with Crippen molar-refractivity contribution < 1.29 is 19.2 Å². The molecule has 0 radical (unpaired) electrons.